The molecular weight excluding hydrogens is 438 g/mol. The highest BCUT2D eigenvalue weighted by Crippen LogP contribution is 2.25. The van der Waals surface area contributed by atoms with Gasteiger partial charge in [-0.1, -0.05) is 23.7 Å². The van der Waals surface area contributed by atoms with Crippen molar-refractivity contribution in [3.63, 3.8) is 0 Å². The molecule has 10 heteroatoms. The van der Waals surface area contributed by atoms with Crippen molar-refractivity contribution < 1.29 is 13.2 Å². The van der Waals surface area contributed by atoms with Gasteiger partial charge in [0.15, 0.2) is 0 Å². The minimum Gasteiger partial charge on any atom is -0.307 e. The molecule has 1 amide bonds. The number of benzene rings is 2. The van der Waals surface area contributed by atoms with Crippen molar-refractivity contribution in [1.29, 1.82) is 5.26 Å². The van der Waals surface area contributed by atoms with Gasteiger partial charge in [-0.3, -0.25) is 9.10 Å². The highest BCUT2D eigenvalue weighted by atomic mass is 35.5. The highest BCUT2D eigenvalue weighted by Gasteiger charge is 2.23. The summed E-state index contributed by atoms with van der Waals surface area (Å²) in [6.45, 7) is 2.11. The molecule has 0 spiro atoms. The Morgan fingerprint density at radius 2 is 1.97 bits per heavy atom. The van der Waals surface area contributed by atoms with E-state index in [2.05, 4.69) is 10.4 Å². The number of hydrogen-bond donors (Lipinski definition) is 1. The maximum atomic E-state index is 13.1. The molecule has 0 aliphatic carbocycles. The van der Waals surface area contributed by atoms with E-state index in [0.717, 1.165) is 4.31 Å². The number of anilines is 2. The number of halogens is 1. The third-order valence-corrected chi connectivity index (χ3v) is 6.52. The smallest absolute Gasteiger partial charge is 0.264 e. The molecule has 0 saturated carbocycles. The SMILES string of the molecule is Cc1cc(NC(=O)c2cccc(S(=O)(=O)N(C)c3cccc(Cl)c3)c2)n(CCC#N)n1. The maximum absolute atomic E-state index is 13.1. The molecule has 2 aromatic carbocycles. The summed E-state index contributed by atoms with van der Waals surface area (Å²) in [5.74, 6) is -0.0531. The standard InChI is InChI=1S/C21H20ClN5O3S/c1-15-12-20(27(25-15)11-5-10-23)24-21(28)16-6-3-9-19(13-16)31(29,30)26(2)18-8-4-7-17(22)14-18/h3-4,6-9,12-14H,5,11H2,1-2H3,(H,24,28). The van der Waals surface area contributed by atoms with Gasteiger partial charge in [0.25, 0.3) is 15.9 Å². The molecule has 0 saturated heterocycles. The van der Waals surface area contributed by atoms with Crippen molar-refractivity contribution in [2.75, 3.05) is 16.7 Å². The number of hydrogen-bond acceptors (Lipinski definition) is 5. The Balaban J connectivity index is 1.86. The third kappa shape index (κ3) is 5.05. The number of amides is 1. The second-order valence-electron chi connectivity index (χ2n) is 6.74. The Morgan fingerprint density at radius 3 is 2.68 bits per heavy atom. The number of nitrogens with one attached hydrogen (secondary N) is 1. The number of rotatable bonds is 7. The number of sulfonamides is 1. The summed E-state index contributed by atoms with van der Waals surface area (Å²) < 4.78 is 28.8. The van der Waals surface area contributed by atoms with Crippen molar-refractivity contribution in [3.05, 3.63) is 70.9 Å². The van der Waals surface area contributed by atoms with Crippen LogP contribution >= 0.6 is 11.6 Å². The molecule has 160 valence electrons. The summed E-state index contributed by atoms with van der Waals surface area (Å²) in [4.78, 5) is 12.7. The Kier molecular flexibility index (Phi) is 6.63. The van der Waals surface area contributed by atoms with Gasteiger partial charge in [-0.05, 0) is 43.3 Å². The fourth-order valence-electron chi connectivity index (χ4n) is 2.93. The summed E-state index contributed by atoms with van der Waals surface area (Å²) in [5, 5.41) is 16.2. The molecule has 0 aliphatic heterocycles. The van der Waals surface area contributed by atoms with E-state index in [1.54, 1.807) is 37.3 Å². The molecular formula is C21H20ClN5O3S. The van der Waals surface area contributed by atoms with Crippen LogP contribution < -0.4 is 9.62 Å². The zero-order valence-electron chi connectivity index (χ0n) is 16.9. The quantitative estimate of drug-likeness (QED) is 0.579. The van der Waals surface area contributed by atoms with Gasteiger partial charge in [0, 0.05) is 23.7 Å². The predicted octanol–water partition coefficient (Wildman–Crippen LogP) is 3.84. The molecule has 0 bridgehead atoms. The van der Waals surface area contributed by atoms with Crippen molar-refractivity contribution in [1.82, 2.24) is 9.78 Å². The molecule has 0 atom stereocenters. The molecule has 3 aromatic rings. The van der Waals surface area contributed by atoms with Gasteiger partial charge in [-0.2, -0.15) is 10.4 Å². The van der Waals surface area contributed by atoms with Crippen molar-refractivity contribution in [2.45, 2.75) is 24.8 Å². The molecule has 1 aromatic heterocycles. The first-order chi connectivity index (χ1) is 14.7. The van der Waals surface area contributed by atoms with Crippen LogP contribution in [0.5, 0.6) is 0 Å². The van der Waals surface area contributed by atoms with Crippen LogP contribution in [0, 0.1) is 18.3 Å². The van der Waals surface area contributed by atoms with Crippen molar-refractivity contribution in [3.8, 4) is 6.07 Å². The minimum absolute atomic E-state index is 0.0307. The molecule has 31 heavy (non-hydrogen) atoms. The Morgan fingerprint density at radius 1 is 1.23 bits per heavy atom. The van der Waals surface area contributed by atoms with E-state index in [9.17, 15) is 13.2 Å². The van der Waals surface area contributed by atoms with Gasteiger partial charge in [0.05, 0.1) is 35.3 Å². The first-order valence-corrected chi connectivity index (χ1v) is 11.1. The molecule has 0 aliphatic rings. The van der Waals surface area contributed by atoms with Crippen LogP contribution in [-0.4, -0.2) is 31.2 Å². The first-order valence-electron chi connectivity index (χ1n) is 9.29. The summed E-state index contributed by atoms with van der Waals surface area (Å²) >= 11 is 5.98. The van der Waals surface area contributed by atoms with Gasteiger partial charge < -0.3 is 5.32 Å². The van der Waals surface area contributed by atoms with Crippen LogP contribution in [0.1, 0.15) is 22.5 Å². The van der Waals surface area contributed by atoms with Crippen molar-refractivity contribution in [2.24, 2.45) is 0 Å². The normalized spacial score (nSPS) is 11.0. The average Bonchev–Trinajstić information content (AvgIpc) is 3.10. The molecule has 8 nitrogen and oxygen atoms in total. The van der Waals surface area contributed by atoms with E-state index in [1.165, 1.54) is 36.0 Å². The Labute approximate surface area is 185 Å². The zero-order chi connectivity index (χ0) is 22.6. The lowest BCUT2D eigenvalue weighted by molar-refractivity contribution is 0.102. The predicted molar refractivity (Wildman–Crippen MR) is 119 cm³/mol. The van der Waals surface area contributed by atoms with Crippen LogP contribution in [0.15, 0.2) is 59.5 Å². The van der Waals surface area contributed by atoms with Crippen LogP contribution in [0.2, 0.25) is 5.02 Å². The number of carbonyl (C=O) groups is 1. The van der Waals surface area contributed by atoms with Crippen LogP contribution in [-0.2, 0) is 16.6 Å². The Bertz CT molecular complexity index is 1260. The van der Waals surface area contributed by atoms with E-state index in [1.807, 2.05) is 6.07 Å². The summed E-state index contributed by atoms with van der Waals surface area (Å²) in [6, 6.07) is 16.0. The highest BCUT2D eigenvalue weighted by molar-refractivity contribution is 7.92. The lowest BCUT2D eigenvalue weighted by atomic mass is 10.2. The van der Waals surface area contributed by atoms with Crippen LogP contribution in [0.3, 0.4) is 0 Å². The van der Waals surface area contributed by atoms with Crippen molar-refractivity contribution >= 4 is 39.0 Å². The van der Waals surface area contributed by atoms with Crippen LogP contribution in [0.4, 0.5) is 11.5 Å². The number of nitrogens with zero attached hydrogens (tertiary/aromatic N) is 4. The molecule has 0 fully saturated rings. The Hall–Kier alpha value is -3.35. The number of nitriles is 1. The van der Waals surface area contributed by atoms with E-state index >= 15 is 0 Å². The largest absolute Gasteiger partial charge is 0.307 e. The molecule has 0 radical (unpaired) electrons. The van der Waals surface area contributed by atoms with Gasteiger partial charge in [-0.25, -0.2) is 13.1 Å². The van der Waals surface area contributed by atoms with Gasteiger partial charge in [-0.15, -0.1) is 0 Å². The first kappa shape index (κ1) is 22.3. The third-order valence-electron chi connectivity index (χ3n) is 4.51. The lowest BCUT2D eigenvalue weighted by Gasteiger charge is -2.20. The fourth-order valence-corrected chi connectivity index (χ4v) is 4.35. The number of carbonyl (C=O) groups excluding carboxylic acids is 1. The van der Waals surface area contributed by atoms with Gasteiger partial charge in [0.1, 0.15) is 5.82 Å². The fraction of sp³-hybridized carbons (Fsp3) is 0.190. The monoisotopic (exact) mass is 457 g/mol. The summed E-state index contributed by atoms with van der Waals surface area (Å²) in [6.07, 6.45) is 0.244. The van der Waals surface area contributed by atoms with E-state index in [0.29, 0.717) is 28.8 Å². The van der Waals surface area contributed by atoms with Gasteiger partial charge in [0.2, 0.25) is 0 Å². The van der Waals surface area contributed by atoms with Crippen LogP contribution in [0.25, 0.3) is 0 Å². The summed E-state index contributed by atoms with van der Waals surface area (Å²) in [5.41, 5.74) is 1.26. The maximum Gasteiger partial charge on any atom is 0.264 e. The molecule has 1 N–H and O–H groups in total. The average molecular weight is 458 g/mol. The van der Waals surface area contributed by atoms with E-state index < -0.39 is 15.9 Å². The second kappa shape index (κ2) is 9.20. The molecule has 0 unspecified atom stereocenters. The van der Waals surface area contributed by atoms with Gasteiger partial charge >= 0.3 is 0 Å². The molecule has 3 rings (SSSR count). The number of aryl methyl sites for hydroxylation is 2. The summed E-state index contributed by atoms with van der Waals surface area (Å²) in [7, 11) is -2.49. The van der Waals surface area contributed by atoms with E-state index in [-0.39, 0.29) is 16.9 Å². The second-order valence-corrected chi connectivity index (χ2v) is 9.14. The van der Waals surface area contributed by atoms with E-state index in [4.69, 9.17) is 16.9 Å². The minimum atomic E-state index is -3.91. The molecule has 1 heterocycles. The lowest BCUT2D eigenvalue weighted by Crippen LogP contribution is -2.27. The number of aromatic nitrogens is 2. The topological polar surface area (TPSA) is 108 Å². The zero-order valence-corrected chi connectivity index (χ0v) is 18.5.